The average molecular weight is 272 g/mol. The maximum atomic E-state index is 11.7. The van der Waals surface area contributed by atoms with E-state index >= 15 is 0 Å². The summed E-state index contributed by atoms with van der Waals surface area (Å²) < 4.78 is 10.3. The molecule has 0 rings (SSSR count). The Morgan fingerprint density at radius 2 is 1.05 bits per heavy atom. The van der Waals surface area contributed by atoms with Crippen LogP contribution in [0.4, 0.5) is 0 Å². The molecule has 112 valence electrons. The number of hydrogen-bond donors (Lipinski definition) is 0. The fourth-order valence-electron chi connectivity index (χ4n) is 1.50. The van der Waals surface area contributed by atoms with E-state index in [9.17, 15) is 9.59 Å². The molecule has 0 heterocycles. The highest BCUT2D eigenvalue weighted by Crippen LogP contribution is 2.15. The van der Waals surface area contributed by atoms with Crippen LogP contribution >= 0.6 is 0 Å². The molecule has 0 amide bonds. The summed E-state index contributed by atoms with van der Waals surface area (Å²) >= 11 is 0. The van der Waals surface area contributed by atoms with E-state index in [1.54, 1.807) is 13.8 Å². The maximum Gasteiger partial charge on any atom is 0.308 e. The summed E-state index contributed by atoms with van der Waals surface area (Å²) in [6, 6.07) is 0. The van der Waals surface area contributed by atoms with Gasteiger partial charge in [-0.15, -0.1) is 0 Å². The Morgan fingerprint density at radius 3 is 1.32 bits per heavy atom. The molecule has 0 saturated carbocycles. The Kier molecular flexibility index (Phi) is 8.44. The highest BCUT2D eigenvalue weighted by atomic mass is 16.5. The molecule has 0 N–H and O–H groups in total. The van der Waals surface area contributed by atoms with Crippen molar-refractivity contribution >= 4 is 11.9 Å². The summed E-state index contributed by atoms with van der Waals surface area (Å²) in [5.74, 6) is -0.385. The van der Waals surface area contributed by atoms with Crippen molar-refractivity contribution in [3.63, 3.8) is 0 Å². The van der Waals surface area contributed by atoms with E-state index in [0.29, 0.717) is 31.5 Å². The van der Waals surface area contributed by atoms with Gasteiger partial charge in [0.05, 0.1) is 25.0 Å². The maximum absolute atomic E-state index is 11.7. The molecule has 4 nitrogen and oxygen atoms in total. The third-order valence-electron chi connectivity index (χ3n) is 2.63. The molecule has 0 aliphatic rings. The third kappa shape index (κ3) is 8.62. The van der Waals surface area contributed by atoms with Gasteiger partial charge in [-0.25, -0.2) is 0 Å². The number of rotatable bonds is 8. The summed E-state index contributed by atoms with van der Waals surface area (Å²) in [6.07, 6.45) is 0.466. The Hall–Kier alpha value is -1.06. The molecular weight excluding hydrogens is 244 g/mol. The fourth-order valence-corrected chi connectivity index (χ4v) is 1.50. The SMILES string of the molecule is CC(C)COC(=O)[C@@H](C)C[C@H](C)C(=O)OCC(C)C. The Labute approximate surface area is 116 Å². The first-order valence-electron chi connectivity index (χ1n) is 7.07. The molecule has 0 unspecified atom stereocenters. The Morgan fingerprint density at radius 1 is 0.737 bits per heavy atom. The molecule has 19 heavy (non-hydrogen) atoms. The van der Waals surface area contributed by atoms with Gasteiger partial charge in [-0.1, -0.05) is 41.5 Å². The lowest BCUT2D eigenvalue weighted by Crippen LogP contribution is -2.24. The van der Waals surface area contributed by atoms with Crippen molar-refractivity contribution in [2.24, 2.45) is 23.7 Å². The quantitative estimate of drug-likeness (QED) is 0.637. The van der Waals surface area contributed by atoms with Gasteiger partial charge in [-0.2, -0.15) is 0 Å². The highest BCUT2D eigenvalue weighted by Gasteiger charge is 2.23. The largest absolute Gasteiger partial charge is 0.465 e. The van der Waals surface area contributed by atoms with Gasteiger partial charge in [0.2, 0.25) is 0 Å². The number of esters is 2. The molecule has 2 atom stereocenters. The second kappa shape index (κ2) is 8.94. The zero-order valence-corrected chi connectivity index (χ0v) is 13.1. The van der Waals surface area contributed by atoms with E-state index < -0.39 is 0 Å². The first-order chi connectivity index (χ1) is 8.73. The minimum absolute atomic E-state index is 0.239. The fraction of sp³-hybridized carbons (Fsp3) is 0.867. The van der Waals surface area contributed by atoms with Crippen molar-refractivity contribution in [1.82, 2.24) is 0 Å². The lowest BCUT2D eigenvalue weighted by molar-refractivity contribution is -0.153. The number of carbonyl (C=O) groups excluding carboxylic acids is 2. The van der Waals surface area contributed by atoms with Crippen LogP contribution in [0.1, 0.15) is 48.0 Å². The highest BCUT2D eigenvalue weighted by molar-refractivity contribution is 5.75. The Bertz CT molecular complexity index is 256. The zero-order valence-electron chi connectivity index (χ0n) is 13.1. The van der Waals surface area contributed by atoms with Crippen LogP contribution < -0.4 is 0 Å². The summed E-state index contributed by atoms with van der Waals surface area (Å²) in [7, 11) is 0. The van der Waals surface area contributed by atoms with Crippen LogP contribution in [-0.4, -0.2) is 25.2 Å². The first kappa shape index (κ1) is 17.9. The van der Waals surface area contributed by atoms with Crippen LogP contribution in [0, 0.1) is 23.7 Å². The van der Waals surface area contributed by atoms with Crippen molar-refractivity contribution in [2.45, 2.75) is 48.0 Å². The van der Waals surface area contributed by atoms with Crippen molar-refractivity contribution < 1.29 is 19.1 Å². The molecule has 0 aliphatic carbocycles. The van der Waals surface area contributed by atoms with Crippen molar-refractivity contribution in [2.75, 3.05) is 13.2 Å². The minimum atomic E-state index is -0.277. The second-order valence-electron chi connectivity index (χ2n) is 6.09. The van der Waals surface area contributed by atoms with Crippen LogP contribution in [0.5, 0.6) is 0 Å². The van der Waals surface area contributed by atoms with Crippen LogP contribution in [0.15, 0.2) is 0 Å². The predicted octanol–water partition coefficient (Wildman–Crippen LogP) is 3.05. The van der Waals surface area contributed by atoms with E-state index in [4.69, 9.17) is 9.47 Å². The van der Waals surface area contributed by atoms with Gasteiger partial charge in [0.15, 0.2) is 0 Å². The van der Waals surface area contributed by atoms with Gasteiger partial charge in [0, 0.05) is 0 Å². The number of ether oxygens (including phenoxy) is 2. The molecule has 0 fully saturated rings. The molecule has 0 radical (unpaired) electrons. The number of carbonyl (C=O) groups is 2. The smallest absolute Gasteiger partial charge is 0.308 e. The van der Waals surface area contributed by atoms with Gasteiger partial charge in [0.1, 0.15) is 0 Å². The second-order valence-corrected chi connectivity index (χ2v) is 6.09. The molecule has 4 heteroatoms. The van der Waals surface area contributed by atoms with E-state index in [1.165, 1.54) is 0 Å². The lowest BCUT2D eigenvalue weighted by atomic mass is 9.97. The van der Waals surface area contributed by atoms with Crippen LogP contribution in [0.25, 0.3) is 0 Å². The van der Waals surface area contributed by atoms with Crippen molar-refractivity contribution in [3.8, 4) is 0 Å². The molecule has 0 saturated heterocycles. The summed E-state index contributed by atoms with van der Waals surface area (Å²) in [4.78, 5) is 23.4. The van der Waals surface area contributed by atoms with Gasteiger partial charge < -0.3 is 9.47 Å². The topological polar surface area (TPSA) is 52.6 Å². The zero-order chi connectivity index (χ0) is 15.0. The number of hydrogen-bond acceptors (Lipinski definition) is 4. The van der Waals surface area contributed by atoms with E-state index in [1.807, 2.05) is 27.7 Å². The van der Waals surface area contributed by atoms with Gasteiger partial charge >= 0.3 is 11.9 Å². The average Bonchev–Trinajstić information content (AvgIpc) is 2.32. The monoisotopic (exact) mass is 272 g/mol. The molecule has 0 aliphatic heterocycles. The Balaban J connectivity index is 4.06. The van der Waals surface area contributed by atoms with E-state index in [0.717, 1.165) is 0 Å². The molecule has 0 aromatic carbocycles. The van der Waals surface area contributed by atoms with Crippen molar-refractivity contribution in [3.05, 3.63) is 0 Å². The van der Waals surface area contributed by atoms with Crippen molar-refractivity contribution in [1.29, 1.82) is 0 Å². The van der Waals surface area contributed by atoms with Crippen LogP contribution in [-0.2, 0) is 19.1 Å². The lowest BCUT2D eigenvalue weighted by Gasteiger charge is -2.17. The minimum Gasteiger partial charge on any atom is -0.465 e. The van der Waals surface area contributed by atoms with Gasteiger partial charge in [-0.05, 0) is 18.3 Å². The van der Waals surface area contributed by atoms with E-state index in [-0.39, 0.29) is 23.8 Å². The molecule has 0 spiro atoms. The molecule has 0 aromatic rings. The summed E-state index contributed by atoms with van der Waals surface area (Å²) in [6.45, 7) is 12.4. The third-order valence-corrected chi connectivity index (χ3v) is 2.63. The standard InChI is InChI=1S/C15H28O4/c1-10(2)8-18-14(16)12(5)7-13(6)15(17)19-9-11(3)4/h10-13H,7-9H2,1-6H3/t12-,13-/m0/s1. The molecular formula is C15H28O4. The van der Waals surface area contributed by atoms with Crippen LogP contribution in [0.2, 0.25) is 0 Å². The predicted molar refractivity (Wildman–Crippen MR) is 74.5 cm³/mol. The molecule has 0 aromatic heterocycles. The molecule has 0 bridgehead atoms. The van der Waals surface area contributed by atoms with Gasteiger partial charge in [0.25, 0.3) is 0 Å². The van der Waals surface area contributed by atoms with E-state index in [2.05, 4.69) is 0 Å². The normalized spacial score (nSPS) is 14.3. The van der Waals surface area contributed by atoms with Gasteiger partial charge in [-0.3, -0.25) is 9.59 Å². The summed E-state index contributed by atoms with van der Waals surface area (Å²) in [5.41, 5.74) is 0. The van der Waals surface area contributed by atoms with Crippen LogP contribution in [0.3, 0.4) is 0 Å². The first-order valence-corrected chi connectivity index (χ1v) is 7.07. The summed E-state index contributed by atoms with van der Waals surface area (Å²) in [5, 5.41) is 0.